The molecule has 166 valence electrons. The first-order valence-corrected chi connectivity index (χ1v) is 10.9. The lowest BCUT2D eigenvalue weighted by Gasteiger charge is -2.19. The Hall–Kier alpha value is -3.09. The summed E-state index contributed by atoms with van der Waals surface area (Å²) < 4.78 is 6.03. The van der Waals surface area contributed by atoms with Crippen LogP contribution < -0.4 is 15.4 Å². The number of hydrogen-bond donors (Lipinski definition) is 2. The molecule has 0 atom stereocenters. The Balaban J connectivity index is 1.44. The number of aryl methyl sites for hydroxylation is 1. The van der Waals surface area contributed by atoms with Crippen LogP contribution in [0.2, 0.25) is 0 Å². The lowest BCUT2D eigenvalue weighted by atomic mass is 10.1. The zero-order valence-electron chi connectivity index (χ0n) is 18.7. The molecular formula is C24H33N5O2. The molecule has 2 aromatic rings. The first-order valence-electron chi connectivity index (χ1n) is 10.9. The molecular weight excluding hydrogens is 390 g/mol. The van der Waals surface area contributed by atoms with Crippen LogP contribution in [0, 0.1) is 12.8 Å². The molecule has 0 spiro atoms. The average molecular weight is 424 g/mol. The zero-order chi connectivity index (χ0) is 22.1. The number of nitrogens with one attached hydrogen (secondary N) is 2. The van der Waals surface area contributed by atoms with Gasteiger partial charge in [-0.25, -0.2) is 0 Å². The van der Waals surface area contributed by atoms with Crippen molar-refractivity contribution in [3.8, 4) is 5.75 Å². The fraction of sp³-hybridized carbons (Fsp3) is 0.458. The Kier molecular flexibility index (Phi) is 8.27. The molecule has 1 heterocycles. The molecule has 0 saturated heterocycles. The monoisotopic (exact) mass is 423 g/mol. The van der Waals surface area contributed by atoms with Crippen LogP contribution in [0.4, 0.5) is 0 Å². The third-order valence-corrected chi connectivity index (χ3v) is 5.33. The van der Waals surface area contributed by atoms with Crippen molar-refractivity contribution in [1.82, 2.24) is 20.5 Å². The first kappa shape index (κ1) is 22.6. The Bertz CT molecular complexity index is 881. The Morgan fingerprint density at radius 3 is 2.81 bits per heavy atom. The van der Waals surface area contributed by atoms with Crippen LogP contribution in [0.5, 0.6) is 5.75 Å². The fourth-order valence-electron chi connectivity index (χ4n) is 3.08. The summed E-state index contributed by atoms with van der Waals surface area (Å²) in [5, 5.41) is 6.38. The van der Waals surface area contributed by atoms with Gasteiger partial charge in [-0.1, -0.05) is 18.2 Å². The molecule has 1 aromatic carbocycles. The van der Waals surface area contributed by atoms with Gasteiger partial charge in [0.05, 0.1) is 13.2 Å². The number of guanidine groups is 1. The van der Waals surface area contributed by atoms with Gasteiger partial charge in [0.1, 0.15) is 5.75 Å². The van der Waals surface area contributed by atoms with Crippen LogP contribution in [0.15, 0.2) is 47.6 Å². The Morgan fingerprint density at radius 1 is 1.26 bits per heavy atom. The second kappa shape index (κ2) is 11.3. The highest BCUT2D eigenvalue weighted by Gasteiger charge is 2.22. The number of benzene rings is 1. The first-order chi connectivity index (χ1) is 15.0. The second-order valence-corrected chi connectivity index (χ2v) is 8.03. The highest BCUT2D eigenvalue weighted by atomic mass is 16.5. The van der Waals surface area contributed by atoms with Crippen molar-refractivity contribution >= 4 is 11.9 Å². The van der Waals surface area contributed by atoms with E-state index in [9.17, 15) is 4.79 Å². The highest BCUT2D eigenvalue weighted by Crippen LogP contribution is 2.30. The van der Waals surface area contributed by atoms with E-state index in [4.69, 9.17) is 4.74 Å². The second-order valence-electron chi connectivity index (χ2n) is 8.03. The number of likely N-dealkylation sites (N-methyl/N-ethyl adjacent to an activating group) is 1. The minimum absolute atomic E-state index is 0.00247. The molecule has 1 aliphatic rings. The minimum atomic E-state index is 0.00247. The van der Waals surface area contributed by atoms with Crippen LogP contribution in [0.1, 0.15) is 29.7 Å². The van der Waals surface area contributed by atoms with Crippen LogP contribution in [-0.4, -0.2) is 55.5 Å². The van der Waals surface area contributed by atoms with E-state index in [0.717, 1.165) is 30.0 Å². The van der Waals surface area contributed by atoms with Crippen LogP contribution in [0.25, 0.3) is 0 Å². The van der Waals surface area contributed by atoms with Gasteiger partial charge in [0.25, 0.3) is 0 Å². The number of nitrogens with zero attached hydrogens (tertiary/aromatic N) is 3. The van der Waals surface area contributed by atoms with Crippen molar-refractivity contribution in [3.05, 3.63) is 59.4 Å². The van der Waals surface area contributed by atoms with Gasteiger partial charge in [0, 0.05) is 51.1 Å². The van der Waals surface area contributed by atoms with Crippen molar-refractivity contribution in [2.24, 2.45) is 10.9 Å². The molecule has 7 heteroatoms. The highest BCUT2D eigenvalue weighted by molar-refractivity contribution is 5.86. The number of rotatable bonds is 10. The largest absolute Gasteiger partial charge is 0.493 e. The van der Waals surface area contributed by atoms with E-state index in [2.05, 4.69) is 45.7 Å². The van der Waals surface area contributed by atoms with Gasteiger partial charge in [0.2, 0.25) is 5.91 Å². The summed E-state index contributed by atoms with van der Waals surface area (Å²) in [4.78, 5) is 22.7. The molecule has 7 nitrogen and oxygen atoms in total. The van der Waals surface area contributed by atoms with Gasteiger partial charge in [-0.05, 0) is 49.4 Å². The predicted molar refractivity (Wildman–Crippen MR) is 123 cm³/mol. The number of ether oxygens (including phenoxy) is 1. The van der Waals surface area contributed by atoms with Crippen molar-refractivity contribution in [2.45, 2.75) is 32.7 Å². The van der Waals surface area contributed by atoms with Crippen LogP contribution in [-0.2, 0) is 17.8 Å². The molecule has 2 N–H and O–H groups in total. The van der Waals surface area contributed by atoms with Gasteiger partial charge in [-0.2, -0.15) is 0 Å². The quantitative estimate of drug-likeness (QED) is 0.454. The smallest absolute Gasteiger partial charge is 0.241 e. The summed E-state index contributed by atoms with van der Waals surface area (Å²) in [6, 6.07) is 12.1. The number of hydrogen-bond acceptors (Lipinski definition) is 4. The molecule has 0 unspecified atom stereocenters. The molecule has 3 rings (SSSR count). The summed E-state index contributed by atoms with van der Waals surface area (Å²) in [6.45, 7) is 4.22. The molecule has 0 aliphatic heterocycles. The lowest BCUT2D eigenvalue weighted by molar-refractivity contribution is -0.128. The normalized spacial score (nSPS) is 13.6. The SMILES string of the molecule is CN=C(NCC(=O)N(C)CCc1ccccn1)NCc1ccc(C)cc1OCC1CC1. The van der Waals surface area contributed by atoms with Crippen molar-refractivity contribution in [2.75, 3.05) is 33.8 Å². The zero-order valence-corrected chi connectivity index (χ0v) is 18.7. The molecule has 0 bridgehead atoms. The summed E-state index contributed by atoms with van der Waals surface area (Å²) >= 11 is 0. The summed E-state index contributed by atoms with van der Waals surface area (Å²) in [5.74, 6) is 2.21. The number of amides is 1. The van der Waals surface area contributed by atoms with E-state index in [1.54, 1.807) is 25.2 Å². The topological polar surface area (TPSA) is 78.9 Å². The molecule has 1 fully saturated rings. The molecule has 1 saturated carbocycles. The summed E-state index contributed by atoms with van der Waals surface area (Å²) in [7, 11) is 3.50. The van der Waals surface area contributed by atoms with Crippen LogP contribution >= 0.6 is 0 Å². The number of aromatic nitrogens is 1. The Labute approximate surface area is 184 Å². The van der Waals surface area contributed by atoms with E-state index in [1.165, 1.54) is 18.4 Å². The maximum Gasteiger partial charge on any atom is 0.241 e. The molecule has 1 aromatic heterocycles. The molecule has 31 heavy (non-hydrogen) atoms. The standard InChI is InChI=1S/C24H33N5O2/c1-18-7-10-20(22(14-18)31-17-19-8-9-19)15-27-24(25-2)28-16-23(30)29(3)13-11-21-6-4-5-12-26-21/h4-7,10,12,14,19H,8-9,11,13,15-17H2,1-3H3,(H2,25,27,28). The van der Waals surface area contributed by atoms with Gasteiger partial charge in [0.15, 0.2) is 5.96 Å². The van der Waals surface area contributed by atoms with Gasteiger partial charge in [-0.15, -0.1) is 0 Å². The summed E-state index contributed by atoms with van der Waals surface area (Å²) in [5.41, 5.74) is 3.23. The number of carbonyl (C=O) groups is 1. The Morgan fingerprint density at radius 2 is 2.10 bits per heavy atom. The van der Waals surface area contributed by atoms with Gasteiger partial charge in [-0.3, -0.25) is 14.8 Å². The van der Waals surface area contributed by atoms with Crippen molar-refractivity contribution < 1.29 is 9.53 Å². The molecule has 1 aliphatic carbocycles. The molecule has 0 radical (unpaired) electrons. The van der Waals surface area contributed by atoms with Crippen LogP contribution in [0.3, 0.4) is 0 Å². The minimum Gasteiger partial charge on any atom is -0.493 e. The third-order valence-electron chi connectivity index (χ3n) is 5.33. The van der Waals surface area contributed by atoms with Crippen molar-refractivity contribution in [3.63, 3.8) is 0 Å². The van der Waals surface area contributed by atoms with E-state index in [1.807, 2.05) is 18.2 Å². The van der Waals surface area contributed by atoms with Gasteiger partial charge >= 0.3 is 0 Å². The maximum atomic E-state index is 12.4. The van der Waals surface area contributed by atoms with E-state index >= 15 is 0 Å². The van der Waals surface area contributed by atoms with Gasteiger partial charge < -0.3 is 20.3 Å². The van der Waals surface area contributed by atoms with Crippen molar-refractivity contribution in [1.29, 1.82) is 0 Å². The predicted octanol–water partition coefficient (Wildman–Crippen LogP) is 2.54. The fourth-order valence-corrected chi connectivity index (χ4v) is 3.08. The number of carbonyl (C=O) groups excluding carboxylic acids is 1. The summed E-state index contributed by atoms with van der Waals surface area (Å²) in [6.07, 6.45) is 5.03. The van der Waals surface area contributed by atoms with E-state index < -0.39 is 0 Å². The third kappa shape index (κ3) is 7.59. The number of pyridine rings is 1. The maximum absolute atomic E-state index is 12.4. The average Bonchev–Trinajstić information content (AvgIpc) is 3.62. The van der Waals surface area contributed by atoms with E-state index in [-0.39, 0.29) is 12.5 Å². The lowest BCUT2D eigenvalue weighted by Crippen LogP contribution is -2.43. The van der Waals surface area contributed by atoms with E-state index in [0.29, 0.717) is 25.0 Å². The molecule has 1 amide bonds. The number of aliphatic imine (C=N–C) groups is 1.